The molecule has 1 atom stereocenters. The summed E-state index contributed by atoms with van der Waals surface area (Å²) in [4.78, 5) is 0. The van der Waals surface area contributed by atoms with E-state index in [9.17, 15) is 0 Å². The molecule has 0 fully saturated rings. The van der Waals surface area contributed by atoms with Gasteiger partial charge in [-0.05, 0) is 25.8 Å². The third-order valence-electron chi connectivity index (χ3n) is 2.56. The molecule has 4 N–H and O–H groups in total. The van der Waals surface area contributed by atoms with E-state index in [4.69, 9.17) is 15.7 Å². The molecule has 1 unspecified atom stereocenters. The molecule has 0 spiro atoms. The van der Waals surface area contributed by atoms with Crippen LogP contribution in [-0.2, 0) is 4.74 Å². The Morgan fingerprint density at radius 1 is 1.29 bits per heavy atom. The van der Waals surface area contributed by atoms with E-state index in [2.05, 4.69) is 24.3 Å². The smallest absolute Gasteiger partial charge is 0.168 e. The van der Waals surface area contributed by atoms with E-state index in [-0.39, 0.29) is 11.9 Å². The zero-order valence-electron chi connectivity index (χ0n) is 11.3. The lowest BCUT2D eigenvalue weighted by atomic mass is 10.1. The molecule has 0 aliphatic heterocycles. The maximum absolute atomic E-state index is 8.42. The standard InChI is InChI=1S/C12H27N3O2/c1-10(2)6-4-5-7-14-8-9-17-11(3)12(13)15-16/h10-11,14,16H,4-9H2,1-3H3,(H2,13,15). The van der Waals surface area contributed by atoms with E-state index >= 15 is 0 Å². The summed E-state index contributed by atoms with van der Waals surface area (Å²) in [6, 6.07) is 0. The van der Waals surface area contributed by atoms with Crippen molar-refractivity contribution in [1.29, 1.82) is 0 Å². The number of hydrogen-bond acceptors (Lipinski definition) is 4. The van der Waals surface area contributed by atoms with Gasteiger partial charge in [0, 0.05) is 6.54 Å². The summed E-state index contributed by atoms with van der Waals surface area (Å²) < 4.78 is 5.36. The van der Waals surface area contributed by atoms with Crippen LogP contribution in [0.4, 0.5) is 0 Å². The third kappa shape index (κ3) is 10.1. The van der Waals surface area contributed by atoms with Gasteiger partial charge in [0.25, 0.3) is 0 Å². The first-order valence-electron chi connectivity index (χ1n) is 6.37. The molecule has 0 aromatic heterocycles. The van der Waals surface area contributed by atoms with Gasteiger partial charge in [-0.15, -0.1) is 0 Å². The second-order valence-electron chi connectivity index (χ2n) is 4.68. The number of ether oxygens (including phenoxy) is 1. The highest BCUT2D eigenvalue weighted by Gasteiger charge is 2.06. The van der Waals surface area contributed by atoms with E-state index in [1.165, 1.54) is 19.3 Å². The van der Waals surface area contributed by atoms with Crippen LogP contribution < -0.4 is 11.1 Å². The van der Waals surface area contributed by atoms with Gasteiger partial charge >= 0.3 is 0 Å². The minimum absolute atomic E-state index is 0.113. The van der Waals surface area contributed by atoms with Crippen molar-refractivity contribution in [3.8, 4) is 0 Å². The first-order valence-corrected chi connectivity index (χ1v) is 6.37. The third-order valence-corrected chi connectivity index (χ3v) is 2.56. The van der Waals surface area contributed by atoms with Gasteiger partial charge in [-0.1, -0.05) is 31.8 Å². The minimum atomic E-state index is -0.331. The number of nitrogens with two attached hydrogens (primary N) is 1. The molecule has 0 aliphatic carbocycles. The van der Waals surface area contributed by atoms with Gasteiger partial charge in [-0.2, -0.15) is 0 Å². The Kier molecular flexibility index (Phi) is 9.86. The van der Waals surface area contributed by atoms with Crippen LogP contribution in [0.25, 0.3) is 0 Å². The summed E-state index contributed by atoms with van der Waals surface area (Å²) in [6.07, 6.45) is 3.43. The molecular formula is C12H27N3O2. The minimum Gasteiger partial charge on any atom is -0.409 e. The topological polar surface area (TPSA) is 79.9 Å². The van der Waals surface area contributed by atoms with Gasteiger partial charge in [-0.3, -0.25) is 0 Å². The largest absolute Gasteiger partial charge is 0.409 e. The van der Waals surface area contributed by atoms with E-state index in [0.29, 0.717) is 6.61 Å². The molecule has 102 valence electrons. The molecular weight excluding hydrogens is 218 g/mol. The molecule has 0 bridgehead atoms. The summed E-state index contributed by atoms with van der Waals surface area (Å²) in [5.74, 6) is 0.905. The normalized spacial score (nSPS) is 14.2. The number of rotatable bonds is 10. The molecule has 17 heavy (non-hydrogen) atoms. The van der Waals surface area contributed by atoms with Crippen LogP contribution in [-0.4, -0.2) is 36.8 Å². The Morgan fingerprint density at radius 3 is 2.59 bits per heavy atom. The molecule has 0 heterocycles. The van der Waals surface area contributed by atoms with Gasteiger partial charge < -0.3 is 21.0 Å². The predicted molar refractivity (Wildman–Crippen MR) is 70.4 cm³/mol. The number of hydrogen-bond donors (Lipinski definition) is 3. The van der Waals surface area contributed by atoms with Crippen molar-refractivity contribution in [2.24, 2.45) is 16.8 Å². The van der Waals surface area contributed by atoms with E-state index in [1.807, 2.05) is 0 Å². The number of oxime groups is 1. The molecule has 0 aliphatic rings. The van der Waals surface area contributed by atoms with Crippen LogP contribution in [0.2, 0.25) is 0 Å². The van der Waals surface area contributed by atoms with Crippen LogP contribution >= 0.6 is 0 Å². The van der Waals surface area contributed by atoms with Gasteiger partial charge in [-0.25, -0.2) is 0 Å². The monoisotopic (exact) mass is 245 g/mol. The SMILES string of the molecule is CC(C)CCCCNCCOC(C)C(N)=NO. The summed E-state index contributed by atoms with van der Waals surface area (Å²) in [6.45, 7) is 8.64. The van der Waals surface area contributed by atoms with Crippen molar-refractivity contribution in [3.63, 3.8) is 0 Å². The Balaban J connectivity index is 3.24. The fraction of sp³-hybridized carbons (Fsp3) is 0.917. The highest BCUT2D eigenvalue weighted by molar-refractivity contribution is 5.83. The van der Waals surface area contributed by atoms with Crippen molar-refractivity contribution < 1.29 is 9.94 Å². The maximum atomic E-state index is 8.42. The van der Waals surface area contributed by atoms with Gasteiger partial charge in [0.2, 0.25) is 0 Å². The van der Waals surface area contributed by atoms with Crippen molar-refractivity contribution in [3.05, 3.63) is 0 Å². The number of unbranched alkanes of at least 4 members (excludes halogenated alkanes) is 1. The first-order chi connectivity index (χ1) is 8.07. The summed E-state index contributed by atoms with van der Waals surface area (Å²) in [5.41, 5.74) is 5.38. The first kappa shape index (κ1) is 16.2. The predicted octanol–water partition coefficient (Wildman–Crippen LogP) is 1.55. The van der Waals surface area contributed by atoms with Crippen molar-refractivity contribution in [1.82, 2.24) is 5.32 Å². The Morgan fingerprint density at radius 2 is 2.00 bits per heavy atom. The maximum Gasteiger partial charge on any atom is 0.168 e. The van der Waals surface area contributed by atoms with Gasteiger partial charge in [0.15, 0.2) is 5.84 Å². The molecule has 0 rings (SSSR count). The van der Waals surface area contributed by atoms with Crippen molar-refractivity contribution in [2.45, 2.75) is 46.1 Å². The molecule has 0 radical (unpaired) electrons. The number of nitrogens with zero attached hydrogens (tertiary/aromatic N) is 1. The fourth-order valence-electron chi connectivity index (χ4n) is 1.40. The van der Waals surface area contributed by atoms with Crippen LogP contribution in [0.15, 0.2) is 5.16 Å². The quantitative estimate of drug-likeness (QED) is 0.179. The summed E-state index contributed by atoms with van der Waals surface area (Å²) in [5, 5.41) is 14.6. The Bertz CT molecular complexity index is 208. The number of nitrogens with one attached hydrogen (secondary N) is 1. The summed E-state index contributed by atoms with van der Waals surface area (Å²) >= 11 is 0. The fourth-order valence-corrected chi connectivity index (χ4v) is 1.40. The average molecular weight is 245 g/mol. The summed E-state index contributed by atoms with van der Waals surface area (Å²) in [7, 11) is 0. The zero-order valence-corrected chi connectivity index (χ0v) is 11.3. The molecule has 0 aromatic carbocycles. The number of amidine groups is 1. The van der Waals surface area contributed by atoms with Crippen LogP contribution in [0.1, 0.15) is 40.0 Å². The molecule has 0 aromatic rings. The van der Waals surface area contributed by atoms with Crippen LogP contribution in [0, 0.1) is 5.92 Å². The van der Waals surface area contributed by atoms with E-state index < -0.39 is 0 Å². The highest BCUT2D eigenvalue weighted by Crippen LogP contribution is 2.04. The molecule has 0 saturated heterocycles. The van der Waals surface area contributed by atoms with Crippen LogP contribution in [0.5, 0.6) is 0 Å². The van der Waals surface area contributed by atoms with Crippen molar-refractivity contribution in [2.75, 3.05) is 19.7 Å². The van der Waals surface area contributed by atoms with E-state index in [0.717, 1.165) is 19.0 Å². The second kappa shape index (κ2) is 10.4. The molecule has 0 amide bonds. The molecule has 0 saturated carbocycles. The highest BCUT2D eigenvalue weighted by atomic mass is 16.5. The molecule has 5 nitrogen and oxygen atoms in total. The lowest BCUT2D eigenvalue weighted by Crippen LogP contribution is -2.31. The average Bonchev–Trinajstić information content (AvgIpc) is 2.30. The molecule has 5 heteroatoms. The van der Waals surface area contributed by atoms with Crippen molar-refractivity contribution >= 4 is 5.84 Å². The second-order valence-corrected chi connectivity index (χ2v) is 4.68. The zero-order chi connectivity index (χ0) is 13.1. The lowest BCUT2D eigenvalue weighted by Gasteiger charge is -2.11. The Hall–Kier alpha value is -0.810. The lowest BCUT2D eigenvalue weighted by molar-refractivity contribution is 0.108. The Labute approximate surface area is 104 Å². The van der Waals surface area contributed by atoms with Gasteiger partial charge in [0.05, 0.1) is 6.61 Å². The van der Waals surface area contributed by atoms with Crippen LogP contribution in [0.3, 0.4) is 0 Å². The van der Waals surface area contributed by atoms with Gasteiger partial charge in [0.1, 0.15) is 6.10 Å². The van der Waals surface area contributed by atoms with E-state index in [1.54, 1.807) is 6.92 Å².